The van der Waals surface area contributed by atoms with Crippen LogP contribution >= 0.6 is 11.5 Å². The van der Waals surface area contributed by atoms with E-state index in [2.05, 4.69) is 14.7 Å². The van der Waals surface area contributed by atoms with Crippen molar-refractivity contribution < 1.29 is 14.3 Å². The van der Waals surface area contributed by atoms with Gasteiger partial charge in [-0.15, -0.1) is 0 Å². The molecule has 0 atom stereocenters. The third-order valence-corrected chi connectivity index (χ3v) is 2.92. The number of aromatic nitrogens is 2. The summed E-state index contributed by atoms with van der Waals surface area (Å²) in [7, 11) is 1.55. The Labute approximate surface area is 114 Å². The Morgan fingerprint density at radius 3 is 2.74 bits per heavy atom. The van der Waals surface area contributed by atoms with Gasteiger partial charge in [0, 0.05) is 11.5 Å². The van der Waals surface area contributed by atoms with Gasteiger partial charge in [0.1, 0.15) is 5.82 Å². The fraction of sp³-hybridized carbons (Fsp3) is 0.250. The average molecular weight is 279 g/mol. The van der Waals surface area contributed by atoms with Crippen LogP contribution in [0, 0.1) is 6.92 Å². The van der Waals surface area contributed by atoms with Crippen LogP contribution in [-0.4, -0.2) is 29.0 Å². The fourth-order valence-corrected chi connectivity index (χ4v) is 1.98. The monoisotopic (exact) mass is 279 g/mol. The number of para-hydroxylation sites is 2. The molecule has 0 aliphatic heterocycles. The molecule has 1 heterocycles. The second kappa shape index (κ2) is 6.14. The maximum atomic E-state index is 11.7. The van der Waals surface area contributed by atoms with E-state index in [1.807, 2.05) is 12.1 Å². The minimum Gasteiger partial charge on any atom is -0.493 e. The van der Waals surface area contributed by atoms with Gasteiger partial charge < -0.3 is 9.47 Å². The van der Waals surface area contributed by atoms with Crippen LogP contribution in [0.25, 0.3) is 0 Å². The molecule has 1 amide bonds. The molecule has 2 rings (SSSR count). The lowest BCUT2D eigenvalue weighted by atomic mass is 10.3. The number of methoxy groups -OCH3 is 1. The van der Waals surface area contributed by atoms with Crippen LogP contribution in [0.1, 0.15) is 5.82 Å². The van der Waals surface area contributed by atoms with E-state index in [1.165, 1.54) is 0 Å². The van der Waals surface area contributed by atoms with Gasteiger partial charge in [-0.25, -0.2) is 4.98 Å². The van der Waals surface area contributed by atoms with Crippen LogP contribution in [0.15, 0.2) is 24.3 Å². The smallest absolute Gasteiger partial charge is 0.264 e. The van der Waals surface area contributed by atoms with Gasteiger partial charge >= 0.3 is 0 Å². The summed E-state index contributed by atoms with van der Waals surface area (Å²) in [5.41, 5.74) is 0. The van der Waals surface area contributed by atoms with Gasteiger partial charge in [-0.2, -0.15) is 4.37 Å². The van der Waals surface area contributed by atoms with E-state index in [1.54, 1.807) is 26.2 Å². The zero-order valence-electron chi connectivity index (χ0n) is 10.5. The number of rotatable bonds is 5. The van der Waals surface area contributed by atoms with Crippen LogP contribution in [0.4, 0.5) is 5.13 Å². The van der Waals surface area contributed by atoms with E-state index in [9.17, 15) is 4.79 Å². The predicted octanol–water partition coefficient (Wildman–Crippen LogP) is 1.87. The lowest BCUT2D eigenvalue weighted by molar-refractivity contribution is -0.118. The first-order chi connectivity index (χ1) is 9.19. The molecule has 0 fully saturated rings. The number of benzene rings is 1. The third kappa shape index (κ3) is 3.65. The van der Waals surface area contributed by atoms with E-state index in [-0.39, 0.29) is 12.5 Å². The van der Waals surface area contributed by atoms with Crippen molar-refractivity contribution in [1.29, 1.82) is 0 Å². The maximum Gasteiger partial charge on any atom is 0.264 e. The molecule has 1 N–H and O–H groups in total. The van der Waals surface area contributed by atoms with Gasteiger partial charge in [0.05, 0.1) is 7.11 Å². The predicted molar refractivity (Wildman–Crippen MR) is 71.8 cm³/mol. The molecule has 0 spiro atoms. The van der Waals surface area contributed by atoms with Crippen LogP contribution in [0.3, 0.4) is 0 Å². The summed E-state index contributed by atoms with van der Waals surface area (Å²) >= 11 is 1.13. The SMILES string of the molecule is COc1ccccc1OCC(=O)Nc1nc(C)ns1. The van der Waals surface area contributed by atoms with Crippen molar-refractivity contribution in [2.75, 3.05) is 19.0 Å². The average Bonchev–Trinajstić information content (AvgIpc) is 2.82. The highest BCUT2D eigenvalue weighted by molar-refractivity contribution is 7.09. The number of ether oxygens (including phenoxy) is 2. The summed E-state index contributed by atoms with van der Waals surface area (Å²) in [4.78, 5) is 15.7. The zero-order valence-corrected chi connectivity index (χ0v) is 11.4. The minimum atomic E-state index is -0.290. The number of nitrogens with zero attached hydrogens (tertiary/aromatic N) is 2. The molecule has 0 unspecified atom stereocenters. The van der Waals surface area contributed by atoms with Gasteiger partial charge in [-0.3, -0.25) is 10.1 Å². The molecule has 0 radical (unpaired) electrons. The summed E-state index contributed by atoms with van der Waals surface area (Å²) in [5.74, 6) is 1.45. The molecule has 1 aromatic carbocycles. The van der Waals surface area contributed by atoms with Crippen LogP contribution in [0.5, 0.6) is 11.5 Å². The van der Waals surface area contributed by atoms with E-state index in [0.717, 1.165) is 11.5 Å². The van der Waals surface area contributed by atoms with Gasteiger partial charge in [0.2, 0.25) is 5.13 Å². The highest BCUT2D eigenvalue weighted by atomic mass is 32.1. The number of anilines is 1. The molecule has 100 valence electrons. The molecule has 7 heteroatoms. The Kier molecular flexibility index (Phi) is 4.30. The normalized spacial score (nSPS) is 10.0. The third-order valence-electron chi connectivity index (χ3n) is 2.20. The first-order valence-electron chi connectivity index (χ1n) is 5.55. The van der Waals surface area contributed by atoms with Crippen molar-refractivity contribution >= 4 is 22.6 Å². The molecular formula is C12H13N3O3S. The summed E-state index contributed by atoms with van der Waals surface area (Å²) in [6.07, 6.45) is 0. The molecule has 0 saturated carbocycles. The highest BCUT2D eigenvalue weighted by Gasteiger charge is 2.09. The summed E-state index contributed by atoms with van der Waals surface area (Å²) in [6, 6.07) is 7.14. The number of carbonyl (C=O) groups excluding carboxylic acids is 1. The highest BCUT2D eigenvalue weighted by Crippen LogP contribution is 2.25. The second-order valence-corrected chi connectivity index (χ2v) is 4.39. The van der Waals surface area contributed by atoms with E-state index < -0.39 is 0 Å². The molecule has 0 aliphatic rings. The first kappa shape index (κ1) is 13.3. The number of hydrogen-bond donors (Lipinski definition) is 1. The van der Waals surface area contributed by atoms with E-state index >= 15 is 0 Å². The summed E-state index contributed by atoms with van der Waals surface area (Å²) in [5, 5.41) is 3.07. The Morgan fingerprint density at radius 2 is 2.11 bits per heavy atom. The zero-order chi connectivity index (χ0) is 13.7. The van der Waals surface area contributed by atoms with Crippen LogP contribution < -0.4 is 14.8 Å². The molecule has 0 aliphatic carbocycles. The number of amides is 1. The van der Waals surface area contributed by atoms with Crippen molar-refractivity contribution in [3.05, 3.63) is 30.1 Å². The van der Waals surface area contributed by atoms with Gasteiger partial charge in [0.25, 0.3) is 5.91 Å². The lowest BCUT2D eigenvalue weighted by Crippen LogP contribution is -2.20. The fourth-order valence-electron chi connectivity index (χ4n) is 1.38. The second-order valence-electron chi connectivity index (χ2n) is 3.63. The molecule has 0 saturated heterocycles. The molecule has 6 nitrogen and oxygen atoms in total. The quantitative estimate of drug-likeness (QED) is 0.904. The number of aryl methyl sites for hydroxylation is 1. The first-order valence-corrected chi connectivity index (χ1v) is 6.32. The Balaban J connectivity index is 1.89. The Hall–Kier alpha value is -2.15. The summed E-state index contributed by atoms with van der Waals surface area (Å²) in [6.45, 7) is 1.65. The maximum absolute atomic E-state index is 11.7. The van der Waals surface area contributed by atoms with Gasteiger partial charge in [0.15, 0.2) is 18.1 Å². The lowest BCUT2D eigenvalue weighted by Gasteiger charge is -2.09. The summed E-state index contributed by atoms with van der Waals surface area (Å²) < 4.78 is 14.5. The molecule has 0 bridgehead atoms. The van der Waals surface area contributed by atoms with Gasteiger partial charge in [-0.05, 0) is 19.1 Å². The molecule has 1 aromatic heterocycles. The molecule has 2 aromatic rings. The van der Waals surface area contributed by atoms with Gasteiger partial charge in [-0.1, -0.05) is 12.1 Å². The van der Waals surface area contributed by atoms with E-state index in [0.29, 0.717) is 22.5 Å². The standard InChI is InChI=1S/C12H13N3O3S/c1-8-13-12(19-15-8)14-11(16)7-18-10-6-4-3-5-9(10)17-2/h3-6H,7H2,1-2H3,(H,13,14,15,16). The molecule has 19 heavy (non-hydrogen) atoms. The van der Waals surface area contributed by atoms with Crippen molar-refractivity contribution in [3.8, 4) is 11.5 Å². The van der Waals surface area contributed by atoms with Crippen LogP contribution in [0.2, 0.25) is 0 Å². The van der Waals surface area contributed by atoms with Crippen LogP contribution in [-0.2, 0) is 4.79 Å². The number of hydrogen-bond acceptors (Lipinski definition) is 6. The van der Waals surface area contributed by atoms with Crippen molar-refractivity contribution in [2.24, 2.45) is 0 Å². The Bertz CT molecular complexity index is 571. The Morgan fingerprint density at radius 1 is 1.37 bits per heavy atom. The number of nitrogens with one attached hydrogen (secondary N) is 1. The van der Waals surface area contributed by atoms with Crippen molar-refractivity contribution in [1.82, 2.24) is 9.36 Å². The van der Waals surface area contributed by atoms with Crippen molar-refractivity contribution in [3.63, 3.8) is 0 Å². The minimum absolute atomic E-state index is 0.112. The molecular weight excluding hydrogens is 266 g/mol. The largest absolute Gasteiger partial charge is 0.493 e. The topological polar surface area (TPSA) is 73.3 Å². The van der Waals surface area contributed by atoms with E-state index in [4.69, 9.17) is 9.47 Å². The van der Waals surface area contributed by atoms with Crippen molar-refractivity contribution in [2.45, 2.75) is 6.92 Å². The number of carbonyl (C=O) groups is 1.